The first-order valence-corrected chi connectivity index (χ1v) is 4.22. The highest BCUT2D eigenvalue weighted by Crippen LogP contribution is 2.37. The summed E-state index contributed by atoms with van der Waals surface area (Å²) in [7, 11) is 0. The van der Waals surface area contributed by atoms with Gasteiger partial charge in [-0.1, -0.05) is 36.3 Å². The molecule has 0 saturated carbocycles. The lowest BCUT2D eigenvalue weighted by molar-refractivity contribution is -0.165. The molecule has 0 aliphatic rings. The lowest BCUT2D eigenvalue weighted by Gasteiger charge is -2.22. The molecule has 0 fully saturated rings. The van der Waals surface area contributed by atoms with Crippen LogP contribution in [0.1, 0.15) is 11.5 Å². The maximum Gasteiger partial charge on any atom is 0.399 e. The minimum Gasteiger partial charge on any atom is -0.379 e. The Labute approximate surface area is 85.5 Å². The van der Waals surface area contributed by atoms with E-state index in [2.05, 4.69) is 0 Å². The van der Waals surface area contributed by atoms with Crippen LogP contribution in [-0.2, 0) is 0 Å². The number of aliphatic hydroxyl groups is 1. The van der Waals surface area contributed by atoms with Crippen LogP contribution < -0.4 is 0 Å². The topological polar surface area (TPSA) is 20.2 Å². The van der Waals surface area contributed by atoms with Gasteiger partial charge in [0, 0.05) is 0 Å². The molecule has 0 aliphatic carbocycles. The predicted molar refractivity (Wildman–Crippen MR) is 50.1 cm³/mol. The van der Waals surface area contributed by atoms with Crippen molar-refractivity contribution in [2.75, 3.05) is 0 Å². The summed E-state index contributed by atoms with van der Waals surface area (Å²) in [6.07, 6.45) is -1.60. The molecule has 1 nitrogen and oxygen atoms in total. The summed E-state index contributed by atoms with van der Waals surface area (Å²) in [5.41, 5.74) is -0.0320. The zero-order chi connectivity index (χ0) is 11.5. The molecule has 0 radical (unpaired) electrons. The molecule has 4 heteroatoms. The first-order valence-electron chi connectivity index (χ1n) is 4.22. The molecule has 0 heterocycles. The Morgan fingerprint density at radius 1 is 1.20 bits per heavy atom. The lowest BCUT2D eigenvalue weighted by Crippen LogP contribution is -2.30. The Morgan fingerprint density at radius 2 is 1.73 bits per heavy atom. The van der Waals surface area contributed by atoms with Crippen LogP contribution in [0.25, 0.3) is 0 Å². The molecular weight excluding hydrogens is 205 g/mol. The second kappa shape index (κ2) is 4.37. The minimum absolute atomic E-state index is 0.0320. The van der Waals surface area contributed by atoms with Gasteiger partial charge in [-0.05, 0) is 5.56 Å². The zero-order valence-corrected chi connectivity index (χ0v) is 7.70. The van der Waals surface area contributed by atoms with Crippen molar-refractivity contribution < 1.29 is 18.3 Å². The van der Waals surface area contributed by atoms with Crippen molar-refractivity contribution in [2.24, 2.45) is 0 Å². The van der Waals surface area contributed by atoms with Gasteiger partial charge in [0.1, 0.15) is 12.0 Å². The molecule has 15 heavy (non-hydrogen) atoms. The van der Waals surface area contributed by atoms with Gasteiger partial charge in [-0.2, -0.15) is 13.2 Å². The number of terminal acetylenes is 1. The lowest BCUT2D eigenvalue weighted by atomic mass is 9.93. The van der Waals surface area contributed by atoms with Crippen molar-refractivity contribution in [3.05, 3.63) is 35.9 Å². The second-order valence-corrected chi connectivity index (χ2v) is 3.04. The molecule has 0 saturated heterocycles. The highest BCUT2D eigenvalue weighted by atomic mass is 19.4. The third-order valence-electron chi connectivity index (χ3n) is 2.00. The van der Waals surface area contributed by atoms with Crippen LogP contribution in [0.15, 0.2) is 30.3 Å². The minimum atomic E-state index is -4.55. The van der Waals surface area contributed by atoms with Crippen LogP contribution >= 0.6 is 0 Å². The van der Waals surface area contributed by atoms with Crippen LogP contribution in [-0.4, -0.2) is 17.4 Å². The van der Waals surface area contributed by atoms with E-state index in [1.54, 1.807) is 12.0 Å². The van der Waals surface area contributed by atoms with Gasteiger partial charge in [0.2, 0.25) is 0 Å². The molecule has 1 rings (SSSR count). The van der Waals surface area contributed by atoms with Gasteiger partial charge in [-0.15, -0.1) is 6.42 Å². The Balaban J connectivity index is 3.09. The molecule has 1 aromatic rings. The van der Waals surface area contributed by atoms with E-state index in [1.165, 1.54) is 24.3 Å². The summed E-state index contributed by atoms with van der Waals surface area (Å²) in [4.78, 5) is 0. The highest BCUT2D eigenvalue weighted by molar-refractivity contribution is 5.25. The molecule has 0 aliphatic heterocycles. The van der Waals surface area contributed by atoms with E-state index in [0.29, 0.717) is 0 Å². The quantitative estimate of drug-likeness (QED) is 0.749. The third-order valence-corrected chi connectivity index (χ3v) is 2.00. The number of rotatable bonds is 2. The van der Waals surface area contributed by atoms with Crippen molar-refractivity contribution in [3.63, 3.8) is 0 Å². The Bertz CT molecular complexity index is 350. The van der Waals surface area contributed by atoms with Crippen LogP contribution in [0.3, 0.4) is 0 Å². The van der Waals surface area contributed by atoms with E-state index in [9.17, 15) is 13.2 Å². The standard InChI is InChI=1S/C11H9F3O/c1-2-9(15)10(11(12,13)14)8-6-4-3-5-7-8/h1,3-7,9-10,15H. The summed E-state index contributed by atoms with van der Waals surface area (Å²) >= 11 is 0. The van der Waals surface area contributed by atoms with E-state index in [-0.39, 0.29) is 5.56 Å². The number of alkyl halides is 3. The highest BCUT2D eigenvalue weighted by Gasteiger charge is 2.44. The van der Waals surface area contributed by atoms with Gasteiger partial charge >= 0.3 is 6.18 Å². The molecule has 0 bridgehead atoms. The van der Waals surface area contributed by atoms with Gasteiger partial charge in [0.15, 0.2) is 0 Å². The number of aliphatic hydroxyl groups excluding tert-OH is 1. The number of hydrogen-bond acceptors (Lipinski definition) is 1. The fourth-order valence-electron chi connectivity index (χ4n) is 1.31. The van der Waals surface area contributed by atoms with E-state index >= 15 is 0 Å². The smallest absolute Gasteiger partial charge is 0.379 e. The molecule has 1 aromatic carbocycles. The van der Waals surface area contributed by atoms with E-state index in [4.69, 9.17) is 11.5 Å². The molecule has 2 atom stereocenters. The fraction of sp³-hybridized carbons (Fsp3) is 0.273. The van der Waals surface area contributed by atoms with Gasteiger partial charge < -0.3 is 5.11 Å². The van der Waals surface area contributed by atoms with Crippen molar-refractivity contribution in [3.8, 4) is 12.3 Å². The van der Waals surface area contributed by atoms with Crippen molar-refractivity contribution >= 4 is 0 Å². The van der Waals surface area contributed by atoms with Crippen molar-refractivity contribution in [2.45, 2.75) is 18.2 Å². The van der Waals surface area contributed by atoms with Gasteiger partial charge in [0.05, 0.1) is 0 Å². The van der Waals surface area contributed by atoms with Gasteiger partial charge in [-0.25, -0.2) is 0 Å². The summed E-state index contributed by atoms with van der Waals surface area (Å²) in [6.45, 7) is 0. The van der Waals surface area contributed by atoms with Gasteiger partial charge in [0.25, 0.3) is 0 Å². The number of benzene rings is 1. The third kappa shape index (κ3) is 2.74. The summed E-state index contributed by atoms with van der Waals surface area (Å²) in [6, 6.07) is 7.12. The second-order valence-electron chi connectivity index (χ2n) is 3.04. The molecule has 0 aromatic heterocycles. The average Bonchev–Trinajstić information content (AvgIpc) is 2.17. The van der Waals surface area contributed by atoms with Crippen LogP contribution in [0.4, 0.5) is 13.2 Å². The van der Waals surface area contributed by atoms with Crippen molar-refractivity contribution in [1.82, 2.24) is 0 Å². The zero-order valence-electron chi connectivity index (χ0n) is 7.70. The van der Waals surface area contributed by atoms with E-state index < -0.39 is 18.2 Å². The maximum atomic E-state index is 12.6. The van der Waals surface area contributed by atoms with Gasteiger partial charge in [-0.3, -0.25) is 0 Å². The Hall–Kier alpha value is -1.47. The monoisotopic (exact) mass is 214 g/mol. The average molecular weight is 214 g/mol. The first kappa shape index (κ1) is 11.6. The Kier molecular flexibility index (Phi) is 3.38. The van der Waals surface area contributed by atoms with Crippen LogP contribution in [0.2, 0.25) is 0 Å². The normalized spacial score (nSPS) is 15.4. The Morgan fingerprint density at radius 3 is 2.13 bits per heavy atom. The molecular formula is C11H9F3O. The summed E-state index contributed by atoms with van der Waals surface area (Å²) in [5.74, 6) is -0.319. The van der Waals surface area contributed by atoms with Crippen LogP contribution in [0.5, 0.6) is 0 Å². The van der Waals surface area contributed by atoms with Crippen LogP contribution in [0, 0.1) is 12.3 Å². The fourth-order valence-corrected chi connectivity index (χ4v) is 1.31. The maximum absolute atomic E-state index is 12.6. The summed E-state index contributed by atoms with van der Waals surface area (Å²) in [5, 5.41) is 9.15. The number of hydrogen-bond donors (Lipinski definition) is 1. The number of halogens is 3. The molecule has 0 amide bonds. The van der Waals surface area contributed by atoms with Crippen molar-refractivity contribution in [1.29, 1.82) is 0 Å². The molecule has 2 unspecified atom stereocenters. The molecule has 80 valence electrons. The predicted octanol–water partition coefficient (Wildman–Crippen LogP) is 2.33. The summed E-state index contributed by atoms with van der Waals surface area (Å²) < 4.78 is 37.8. The first-order chi connectivity index (χ1) is 6.96. The molecule has 1 N–H and O–H groups in total. The SMILES string of the molecule is C#CC(O)C(c1ccccc1)C(F)(F)F. The largest absolute Gasteiger partial charge is 0.399 e. The molecule has 0 spiro atoms. The van der Waals surface area contributed by atoms with E-state index in [0.717, 1.165) is 0 Å². The van der Waals surface area contributed by atoms with E-state index in [1.807, 2.05) is 0 Å².